The molecule has 1 atom stereocenters. The first-order valence-corrected chi connectivity index (χ1v) is 17.0. The fourth-order valence-corrected chi connectivity index (χ4v) is 6.84. The number of nitrogens with zero attached hydrogens (tertiary/aromatic N) is 2. The van der Waals surface area contributed by atoms with Gasteiger partial charge in [-0.3, -0.25) is 13.9 Å². The number of anilines is 1. The van der Waals surface area contributed by atoms with E-state index in [2.05, 4.69) is 5.32 Å². The number of aryl methyl sites for hydroxylation is 3. The van der Waals surface area contributed by atoms with E-state index in [1.54, 1.807) is 36.4 Å². The van der Waals surface area contributed by atoms with Gasteiger partial charge in [0.1, 0.15) is 12.6 Å². The zero-order valence-corrected chi connectivity index (χ0v) is 28.7. The van der Waals surface area contributed by atoms with Gasteiger partial charge in [0.25, 0.3) is 10.0 Å². The molecule has 4 rings (SSSR count). The summed E-state index contributed by atoms with van der Waals surface area (Å²) < 4.78 is 29.8. The van der Waals surface area contributed by atoms with Gasteiger partial charge < -0.3 is 10.2 Å². The Kier molecular flexibility index (Phi) is 10.7. The molecule has 0 radical (unpaired) electrons. The molecule has 0 aliphatic carbocycles. The molecule has 242 valence electrons. The van der Waals surface area contributed by atoms with E-state index in [0.29, 0.717) is 5.69 Å². The number of hydrogen-bond acceptors (Lipinski definition) is 4. The molecule has 4 aromatic carbocycles. The molecule has 0 unspecified atom stereocenters. The van der Waals surface area contributed by atoms with Crippen molar-refractivity contribution in [2.24, 2.45) is 0 Å². The Labute approximate surface area is 274 Å². The standard InChI is InChI=1S/C38H45N3O4S/c1-27-19-21-33(22-20-27)46(44,45)41(34-18-12-14-29(3)30(34)4)26-36(42)40(25-32-17-11-13-28(2)23-32)35(37(43)39-38(5,6)7)24-31-15-9-8-10-16-31/h8-23,35H,24-26H2,1-7H3,(H,39,43)/t35-/m0/s1. The summed E-state index contributed by atoms with van der Waals surface area (Å²) in [6.07, 6.45) is 0.258. The summed E-state index contributed by atoms with van der Waals surface area (Å²) in [5, 5.41) is 3.07. The second-order valence-corrected chi connectivity index (χ2v) is 14.9. The third-order valence-electron chi connectivity index (χ3n) is 7.94. The van der Waals surface area contributed by atoms with Gasteiger partial charge in [-0.1, -0.05) is 90.0 Å². The zero-order chi connectivity index (χ0) is 33.6. The molecule has 0 fully saturated rings. The number of nitrogens with one attached hydrogen (secondary N) is 1. The van der Waals surface area contributed by atoms with Crippen LogP contribution in [0.15, 0.2) is 102 Å². The molecule has 1 N–H and O–H groups in total. The number of carbonyl (C=O) groups is 2. The maximum atomic E-state index is 14.7. The van der Waals surface area contributed by atoms with Gasteiger partial charge in [-0.15, -0.1) is 0 Å². The van der Waals surface area contributed by atoms with Crippen molar-refractivity contribution in [2.75, 3.05) is 10.8 Å². The van der Waals surface area contributed by atoms with Crippen molar-refractivity contribution in [3.05, 3.63) is 130 Å². The summed E-state index contributed by atoms with van der Waals surface area (Å²) in [7, 11) is -4.17. The molecule has 0 spiro atoms. The van der Waals surface area contributed by atoms with Crippen LogP contribution in [0.3, 0.4) is 0 Å². The number of rotatable bonds is 11. The molecule has 0 aliphatic heterocycles. The summed E-state index contributed by atoms with van der Waals surface area (Å²) in [5.74, 6) is -0.792. The van der Waals surface area contributed by atoms with Crippen LogP contribution in [0.1, 0.15) is 54.2 Å². The molecule has 8 heteroatoms. The number of hydrogen-bond donors (Lipinski definition) is 1. The fraction of sp³-hybridized carbons (Fsp3) is 0.316. The summed E-state index contributed by atoms with van der Waals surface area (Å²) in [6, 6.07) is 28.5. The second-order valence-electron chi connectivity index (χ2n) is 13.0. The van der Waals surface area contributed by atoms with Gasteiger partial charge in [0, 0.05) is 18.5 Å². The van der Waals surface area contributed by atoms with Gasteiger partial charge in [0.05, 0.1) is 10.6 Å². The van der Waals surface area contributed by atoms with Crippen LogP contribution in [0.25, 0.3) is 0 Å². The molecule has 0 heterocycles. The SMILES string of the molecule is Cc1ccc(S(=O)(=O)N(CC(=O)N(Cc2cccc(C)c2)[C@@H](Cc2ccccc2)C(=O)NC(C)(C)C)c2cccc(C)c2C)cc1. The first-order valence-electron chi connectivity index (χ1n) is 15.5. The molecule has 0 bridgehead atoms. The van der Waals surface area contributed by atoms with Crippen molar-refractivity contribution in [1.82, 2.24) is 10.2 Å². The lowest BCUT2D eigenvalue weighted by molar-refractivity contribution is -0.140. The smallest absolute Gasteiger partial charge is 0.264 e. The third-order valence-corrected chi connectivity index (χ3v) is 9.71. The fourth-order valence-electron chi connectivity index (χ4n) is 5.37. The Hall–Kier alpha value is -4.43. The molecule has 4 aromatic rings. The van der Waals surface area contributed by atoms with Crippen molar-refractivity contribution in [2.45, 2.75) is 77.9 Å². The van der Waals surface area contributed by atoms with Gasteiger partial charge in [0.15, 0.2) is 0 Å². The predicted octanol–water partition coefficient (Wildman–Crippen LogP) is 6.67. The highest BCUT2D eigenvalue weighted by Crippen LogP contribution is 2.29. The quantitative estimate of drug-likeness (QED) is 0.199. The van der Waals surface area contributed by atoms with E-state index in [-0.39, 0.29) is 23.8 Å². The van der Waals surface area contributed by atoms with Gasteiger partial charge in [-0.25, -0.2) is 8.42 Å². The lowest BCUT2D eigenvalue weighted by Gasteiger charge is -2.35. The van der Waals surface area contributed by atoms with Crippen LogP contribution in [0, 0.1) is 27.7 Å². The molecule has 2 amide bonds. The summed E-state index contributed by atoms with van der Waals surface area (Å²) in [4.78, 5) is 30.3. The minimum absolute atomic E-state index is 0.0864. The molecule has 46 heavy (non-hydrogen) atoms. The average molecular weight is 640 g/mol. The molecule has 0 aromatic heterocycles. The number of amides is 2. The highest BCUT2D eigenvalue weighted by Gasteiger charge is 2.36. The summed E-state index contributed by atoms with van der Waals surface area (Å²) in [5.41, 5.74) is 5.19. The maximum Gasteiger partial charge on any atom is 0.264 e. The predicted molar refractivity (Wildman–Crippen MR) is 185 cm³/mol. The number of carbonyl (C=O) groups excluding carboxylic acids is 2. The summed E-state index contributed by atoms with van der Waals surface area (Å²) in [6.45, 7) is 13.0. The van der Waals surface area contributed by atoms with Crippen LogP contribution < -0.4 is 9.62 Å². The van der Waals surface area contributed by atoms with Crippen LogP contribution in [0.2, 0.25) is 0 Å². The highest BCUT2D eigenvalue weighted by atomic mass is 32.2. The van der Waals surface area contributed by atoms with Crippen molar-refractivity contribution >= 4 is 27.5 Å². The maximum absolute atomic E-state index is 14.7. The van der Waals surface area contributed by atoms with Crippen LogP contribution in [0.4, 0.5) is 5.69 Å². The lowest BCUT2D eigenvalue weighted by Crippen LogP contribution is -2.56. The topological polar surface area (TPSA) is 86.8 Å². The average Bonchev–Trinajstić information content (AvgIpc) is 2.99. The Morgan fingerprint density at radius 1 is 0.761 bits per heavy atom. The van der Waals surface area contributed by atoms with E-state index < -0.39 is 34.1 Å². The van der Waals surface area contributed by atoms with Gasteiger partial charge in [0.2, 0.25) is 11.8 Å². The minimum atomic E-state index is -4.17. The molecule has 7 nitrogen and oxygen atoms in total. The molecular formula is C38H45N3O4S. The first kappa shape index (κ1) is 34.4. The van der Waals surface area contributed by atoms with Gasteiger partial charge >= 0.3 is 0 Å². The minimum Gasteiger partial charge on any atom is -0.350 e. The van der Waals surface area contributed by atoms with E-state index >= 15 is 0 Å². The van der Waals surface area contributed by atoms with E-state index in [4.69, 9.17) is 0 Å². The van der Waals surface area contributed by atoms with Crippen molar-refractivity contribution in [1.29, 1.82) is 0 Å². The Balaban J connectivity index is 1.85. The Morgan fingerprint density at radius 2 is 1.39 bits per heavy atom. The van der Waals surface area contributed by atoms with Crippen LogP contribution in [-0.4, -0.2) is 43.3 Å². The Bertz CT molecular complexity index is 1780. The molecule has 0 saturated carbocycles. The first-order chi connectivity index (χ1) is 21.7. The van der Waals surface area contributed by atoms with Crippen molar-refractivity contribution < 1.29 is 18.0 Å². The van der Waals surface area contributed by atoms with Crippen LogP contribution in [0.5, 0.6) is 0 Å². The third kappa shape index (κ3) is 8.63. The lowest BCUT2D eigenvalue weighted by atomic mass is 10.0. The van der Waals surface area contributed by atoms with Crippen molar-refractivity contribution in [3.63, 3.8) is 0 Å². The second kappa shape index (κ2) is 14.3. The van der Waals surface area contributed by atoms with Gasteiger partial charge in [-0.05, 0) is 88.9 Å². The van der Waals surface area contributed by atoms with E-state index in [9.17, 15) is 18.0 Å². The van der Waals surface area contributed by atoms with Gasteiger partial charge in [-0.2, -0.15) is 0 Å². The largest absolute Gasteiger partial charge is 0.350 e. The number of sulfonamides is 1. The highest BCUT2D eigenvalue weighted by molar-refractivity contribution is 7.92. The van der Waals surface area contributed by atoms with E-state index in [1.165, 1.54) is 9.21 Å². The number of benzene rings is 4. The van der Waals surface area contributed by atoms with E-state index in [0.717, 1.165) is 33.4 Å². The zero-order valence-electron chi connectivity index (χ0n) is 27.9. The summed E-state index contributed by atoms with van der Waals surface area (Å²) >= 11 is 0. The Morgan fingerprint density at radius 3 is 2.02 bits per heavy atom. The van der Waals surface area contributed by atoms with Crippen LogP contribution >= 0.6 is 0 Å². The van der Waals surface area contributed by atoms with Crippen molar-refractivity contribution in [3.8, 4) is 0 Å². The molecule has 0 saturated heterocycles. The van der Waals surface area contributed by atoms with Crippen LogP contribution in [-0.2, 0) is 32.6 Å². The molecule has 0 aliphatic rings. The molecular weight excluding hydrogens is 595 g/mol. The normalized spacial score (nSPS) is 12.3. The van der Waals surface area contributed by atoms with E-state index in [1.807, 2.05) is 109 Å². The monoisotopic (exact) mass is 639 g/mol.